The molecular formula is C16H28N4. The van der Waals surface area contributed by atoms with Crippen molar-refractivity contribution in [3.63, 3.8) is 0 Å². The fourth-order valence-electron chi connectivity index (χ4n) is 3.87. The van der Waals surface area contributed by atoms with Gasteiger partial charge in [0.25, 0.3) is 0 Å². The van der Waals surface area contributed by atoms with E-state index >= 15 is 0 Å². The highest BCUT2D eigenvalue weighted by Gasteiger charge is 2.36. The minimum atomic E-state index is -0.249. The highest BCUT2D eigenvalue weighted by atomic mass is 15.3. The lowest BCUT2D eigenvalue weighted by Gasteiger charge is -2.34. The first-order valence-electron chi connectivity index (χ1n) is 8.29. The minimum Gasteiger partial charge on any atom is -0.319 e. The number of nitrogens with zero attached hydrogens (tertiary/aromatic N) is 3. The average molecular weight is 276 g/mol. The summed E-state index contributed by atoms with van der Waals surface area (Å²) in [6.45, 7) is 2.32. The third-order valence-electron chi connectivity index (χ3n) is 5.36. The summed E-state index contributed by atoms with van der Waals surface area (Å²) in [7, 11) is 2.02. The van der Waals surface area contributed by atoms with E-state index in [2.05, 4.69) is 6.92 Å². The van der Waals surface area contributed by atoms with E-state index in [1.54, 1.807) is 0 Å². The minimum absolute atomic E-state index is 0.249. The fraction of sp³-hybridized carbons (Fsp3) is 0.875. The molecule has 20 heavy (non-hydrogen) atoms. The van der Waals surface area contributed by atoms with Crippen molar-refractivity contribution in [2.45, 2.75) is 76.2 Å². The SMILES string of the molecule is CC1CCC(N)(c2nc(C3CCCCC3)nn2C)CC1. The maximum absolute atomic E-state index is 6.66. The van der Waals surface area contributed by atoms with Gasteiger partial charge in [-0.3, -0.25) is 4.68 Å². The summed E-state index contributed by atoms with van der Waals surface area (Å²) in [6, 6.07) is 0. The molecule has 0 atom stereocenters. The molecule has 2 aliphatic carbocycles. The fourth-order valence-corrected chi connectivity index (χ4v) is 3.87. The van der Waals surface area contributed by atoms with Crippen LogP contribution in [0.3, 0.4) is 0 Å². The first-order valence-corrected chi connectivity index (χ1v) is 8.29. The summed E-state index contributed by atoms with van der Waals surface area (Å²) in [4.78, 5) is 4.88. The first kappa shape index (κ1) is 14.1. The van der Waals surface area contributed by atoms with Gasteiger partial charge in [-0.05, 0) is 44.4 Å². The molecule has 3 rings (SSSR count). The van der Waals surface area contributed by atoms with E-state index in [1.165, 1.54) is 44.9 Å². The lowest BCUT2D eigenvalue weighted by Crippen LogP contribution is -2.42. The van der Waals surface area contributed by atoms with Gasteiger partial charge in [0.2, 0.25) is 0 Å². The van der Waals surface area contributed by atoms with Gasteiger partial charge in [0, 0.05) is 13.0 Å². The summed E-state index contributed by atoms with van der Waals surface area (Å²) in [5, 5.41) is 4.70. The Bertz CT molecular complexity index is 451. The van der Waals surface area contributed by atoms with Crippen LogP contribution in [0.4, 0.5) is 0 Å². The zero-order chi connectivity index (χ0) is 14.2. The van der Waals surface area contributed by atoms with Crippen molar-refractivity contribution >= 4 is 0 Å². The van der Waals surface area contributed by atoms with Crippen LogP contribution >= 0.6 is 0 Å². The smallest absolute Gasteiger partial charge is 0.154 e. The van der Waals surface area contributed by atoms with E-state index < -0.39 is 0 Å². The van der Waals surface area contributed by atoms with Crippen molar-refractivity contribution < 1.29 is 0 Å². The first-order chi connectivity index (χ1) is 9.58. The Labute approximate surface area is 122 Å². The Kier molecular flexibility index (Phi) is 3.85. The van der Waals surface area contributed by atoms with Crippen LogP contribution in [-0.2, 0) is 12.6 Å². The standard InChI is InChI=1S/C16H28N4/c1-12-8-10-16(17,11-9-12)15-18-14(19-20(15)2)13-6-4-3-5-7-13/h12-13H,3-11,17H2,1-2H3. The van der Waals surface area contributed by atoms with Crippen molar-refractivity contribution in [1.29, 1.82) is 0 Å². The molecule has 0 radical (unpaired) electrons. The van der Waals surface area contributed by atoms with Gasteiger partial charge >= 0.3 is 0 Å². The molecule has 0 spiro atoms. The number of nitrogens with two attached hydrogens (primary N) is 1. The van der Waals surface area contributed by atoms with Crippen LogP contribution in [0.5, 0.6) is 0 Å². The molecule has 0 aliphatic heterocycles. The van der Waals surface area contributed by atoms with Gasteiger partial charge in [-0.2, -0.15) is 5.10 Å². The van der Waals surface area contributed by atoms with Crippen molar-refractivity contribution in [3.05, 3.63) is 11.6 Å². The molecule has 1 heterocycles. The molecular weight excluding hydrogens is 248 g/mol. The van der Waals surface area contributed by atoms with Crippen molar-refractivity contribution in [1.82, 2.24) is 14.8 Å². The van der Waals surface area contributed by atoms with Gasteiger partial charge in [0.05, 0.1) is 5.54 Å². The lowest BCUT2D eigenvalue weighted by molar-refractivity contribution is 0.231. The molecule has 4 heteroatoms. The summed E-state index contributed by atoms with van der Waals surface area (Å²) in [5.74, 6) is 3.43. The maximum Gasteiger partial charge on any atom is 0.154 e. The van der Waals surface area contributed by atoms with Crippen LogP contribution in [0, 0.1) is 5.92 Å². The Morgan fingerprint density at radius 3 is 2.40 bits per heavy atom. The largest absolute Gasteiger partial charge is 0.319 e. The molecule has 2 aliphatic rings. The number of aromatic nitrogens is 3. The van der Waals surface area contributed by atoms with Crippen LogP contribution in [0.1, 0.15) is 82.3 Å². The number of hydrogen-bond donors (Lipinski definition) is 1. The zero-order valence-electron chi connectivity index (χ0n) is 12.9. The monoisotopic (exact) mass is 276 g/mol. The van der Waals surface area contributed by atoms with E-state index in [4.69, 9.17) is 15.8 Å². The van der Waals surface area contributed by atoms with Gasteiger partial charge in [0.1, 0.15) is 5.82 Å². The molecule has 1 aromatic heterocycles. The van der Waals surface area contributed by atoms with Crippen molar-refractivity contribution in [2.24, 2.45) is 18.7 Å². The van der Waals surface area contributed by atoms with E-state index in [0.29, 0.717) is 5.92 Å². The normalized spacial score (nSPS) is 32.5. The molecule has 2 N–H and O–H groups in total. The molecule has 4 nitrogen and oxygen atoms in total. The van der Waals surface area contributed by atoms with E-state index in [-0.39, 0.29) is 5.54 Å². The predicted molar refractivity (Wildman–Crippen MR) is 80.3 cm³/mol. The maximum atomic E-state index is 6.66. The van der Waals surface area contributed by atoms with Crippen LogP contribution in [0.2, 0.25) is 0 Å². The van der Waals surface area contributed by atoms with Crippen molar-refractivity contribution in [3.8, 4) is 0 Å². The number of aryl methyl sites for hydroxylation is 1. The Morgan fingerprint density at radius 1 is 1.10 bits per heavy atom. The van der Waals surface area contributed by atoms with Gasteiger partial charge < -0.3 is 5.73 Å². The van der Waals surface area contributed by atoms with Gasteiger partial charge in [-0.15, -0.1) is 0 Å². The predicted octanol–water partition coefficient (Wildman–Crippen LogP) is 3.23. The quantitative estimate of drug-likeness (QED) is 0.902. The highest BCUT2D eigenvalue weighted by molar-refractivity contribution is 5.11. The summed E-state index contributed by atoms with van der Waals surface area (Å²) in [6.07, 6.45) is 11.0. The van der Waals surface area contributed by atoms with Gasteiger partial charge in [-0.25, -0.2) is 4.98 Å². The Balaban J connectivity index is 1.81. The highest BCUT2D eigenvalue weighted by Crippen LogP contribution is 2.38. The molecule has 0 saturated heterocycles. The number of rotatable bonds is 2. The molecule has 2 saturated carbocycles. The summed E-state index contributed by atoms with van der Waals surface area (Å²) >= 11 is 0. The van der Waals surface area contributed by atoms with Crippen molar-refractivity contribution in [2.75, 3.05) is 0 Å². The molecule has 2 fully saturated rings. The average Bonchev–Trinajstić information content (AvgIpc) is 2.86. The van der Waals surface area contributed by atoms with E-state index in [1.807, 2.05) is 11.7 Å². The second kappa shape index (κ2) is 5.47. The topological polar surface area (TPSA) is 56.7 Å². The van der Waals surface area contributed by atoms with Crippen LogP contribution in [0.25, 0.3) is 0 Å². The van der Waals surface area contributed by atoms with Gasteiger partial charge in [0.15, 0.2) is 5.82 Å². The molecule has 112 valence electrons. The second-order valence-electron chi connectivity index (χ2n) is 7.09. The van der Waals surface area contributed by atoms with Crippen LogP contribution in [-0.4, -0.2) is 14.8 Å². The molecule has 0 bridgehead atoms. The summed E-state index contributed by atoms with van der Waals surface area (Å²) < 4.78 is 1.96. The molecule has 0 unspecified atom stereocenters. The summed E-state index contributed by atoms with van der Waals surface area (Å²) in [5.41, 5.74) is 6.41. The third-order valence-corrected chi connectivity index (χ3v) is 5.36. The van der Waals surface area contributed by atoms with Crippen LogP contribution in [0.15, 0.2) is 0 Å². The second-order valence-corrected chi connectivity index (χ2v) is 7.09. The number of hydrogen-bond acceptors (Lipinski definition) is 3. The van der Waals surface area contributed by atoms with Crippen LogP contribution < -0.4 is 5.73 Å². The molecule has 1 aromatic rings. The third kappa shape index (κ3) is 2.62. The zero-order valence-corrected chi connectivity index (χ0v) is 12.9. The lowest BCUT2D eigenvalue weighted by atomic mass is 9.77. The molecule has 0 aromatic carbocycles. The Morgan fingerprint density at radius 2 is 1.75 bits per heavy atom. The van der Waals surface area contributed by atoms with Gasteiger partial charge in [-0.1, -0.05) is 26.2 Å². The Hall–Kier alpha value is -0.900. The van der Waals surface area contributed by atoms with E-state index in [0.717, 1.165) is 30.4 Å². The molecule has 0 amide bonds. The van der Waals surface area contributed by atoms with E-state index in [9.17, 15) is 0 Å².